The molecule has 0 atom stereocenters. The van der Waals surface area contributed by atoms with Crippen LogP contribution >= 0.6 is 11.3 Å². The maximum atomic E-state index is 4.79. The number of rotatable bonds is 2. The van der Waals surface area contributed by atoms with E-state index in [-0.39, 0.29) is 0 Å². The summed E-state index contributed by atoms with van der Waals surface area (Å²) in [5.41, 5.74) is 4.04. The Labute approximate surface area is 110 Å². The van der Waals surface area contributed by atoms with Crippen molar-refractivity contribution in [3.05, 3.63) is 47.5 Å². The lowest BCUT2D eigenvalue weighted by Gasteiger charge is -2.11. The fraction of sp³-hybridized carbons (Fsp3) is 0.200. The third-order valence-electron chi connectivity index (χ3n) is 2.90. The van der Waals surface area contributed by atoms with E-state index in [1.807, 2.05) is 24.3 Å². The molecule has 3 rings (SSSR count). The van der Waals surface area contributed by atoms with Gasteiger partial charge in [0.2, 0.25) is 0 Å². The van der Waals surface area contributed by atoms with Gasteiger partial charge in [-0.15, -0.1) is 11.3 Å². The summed E-state index contributed by atoms with van der Waals surface area (Å²) in [6.45, 7) is 4.33. The number of thiophene rings is 1. The van der Waals surface area contributed by atoms with E-state index in [1.165, 1.54) is 4.88 Å². The first-order valence-corrected chi connectivity index (χ1v) is 6.94. The molecule has 3 aromatic rings. The first-order valence-electron chi connectivity index (χ1n) is 6.06. The van der Waals surface area contributed by atoms with Crippen molar-refractivity contribution in [1.82, 2.24) is 9.97 Å². The Hall–Kier alpha value is -1.74. The van der Waals surface area contributed by atoms with Crippen LogP contribution in [0.2, 0.25) is 0 Å². The average molecular weight is 254 g/mol. The van der Waals surface area contributed by atoms with E-state index in [0.717, 1.165) is 22.4 Å². The molecule has 0 radical (unpaired) electrons. The van der Waals surface area contributed by atoms with Gasteiger partial charge in [-0.05, 0) is 29.5 Å². The molecule has 2 heterocycles. The molecule has 0 unspecified atom stereocenters. The summed E-state index contributed by atoms with van der Waals surface area (Å²) in [5.74, 6) is 0.374. The second-order valence-corrected chi connectivity index (χ2v) is 5.53. The number of hydrogen-bond donors (Lipinski definition) is 0. The van der Waals surface area contributed by atoms with Crippen molar-refractivity contribution in [2.24, 2.45) is 0 Å². The summed E-state index contributed by atoms with van der Waals surface area (Å²) >= 11 is 1.71. The molecule has 0 amide bonds. The van der Waals surface area contributed by atoms with Crippen molar-refractivity contribution in [3.63, 3.8) is 0 Å². The van der Waals surface area contributed by atoms with Crippen LogP contribution in [0.3, 0.4) is 0 Å². The number of nitrogens with zero attached hydrogens (tertiary/aromatic N) is 2. The molecule has 90 valence electrons. The van der Waals surface area contributed by atoms with E-state index in [1.54, 1.807) is 11.3 Å². The second kappa shape index (κ2) is 4.50. The Kier molecular flexibility index (Phi) is 2.84. The van der Waals surface area contributed by atoms with Gasteiger partial charge in [0, 0.05) is 0 Å². The lowest BCUT2D eigenvalue weighted by Crippen LogP contribution is -1.99. The van der Waals surface area contributed by atoms with Crippen molar-refractivity contribution in [3.8, 4) is 10.6 Å². The highest BCUT2D eigenvalue weighted by atomic mass is 32.1. The minimum absolute atomic E-state index is 0.374. The second-order valence-electron chi connectivity index (χ2n) is 4.58. The smallest absolute Gasteiger partial charge is 0.103 e. The van der Waals surface area contributed by atoms with Crippen LogP contribution in [0, 0.1) is 0 Å². The molecule has 0 saturated heterocycles. The highest BCUT2D eigenvalue weighted by Gasteiger charge is 2.14. The monoisotopic (exact) mass is 254 g/mol. The fourth-order valence-electron chi connectivity index (χ4n) is 2.01. The zero-order chi connectivity index (χ0) is 12.5. The third kappa shape index (κ3) is 1.91. The third-order valence-corrected chi connectivity index (χ3v) is 3.78. The number of benzene rings is 1. The van der Waals surface area contributed by atoms with Crippen LogP contribution in [-0.2, 0) is 0 Å². The minimum Gasteiger partial charge on any atom is -0.249 e. The van der Waals surface area contributed by atoms with Crippen LogP contribution in [-0.4, -0.2) is 9.97 Å². The van der Waals surface area contributed by atoms with E-state index < -0.39 is 0 Å². The van der Waals surface area contributed by atoms with Gasteiger partial charge < -0.3 is 0 Å². The molecule has 0 aliphatic carbocycles. The van der Waals surface area contributed by atoms with Crippen LogP contribution in [0.15, 0.2) is 41.8 Å². The highest BCUT2D eigenvalue weighted by molar-refractivity contribution is 7.13. The normalized spacial score (nSPS) is 11.3. The summed E-state index contributed by atoms with van der Waals surface area (Å²) in [4.78, 5) is 10.8. The van der Waals surface area contributed by atoms with Gasteiger partial charge in [0.25, 0.3) is 0 Å². The Morgan fingerprint density at radius 3 is 2.28 bits per heavy atom. The maximum absolute atomic E-state index is 4.79. The van der Waals surface area contributed by atoms with Crippen LogP contribution in [0.5, 0.6) is 0 Å². The summed E-state index contributed by atoms with van der Waals surface area (Å²) in [6, 6.07) is 12.2. The van der Waals surface area contributed by atoms with Crippen LogP contribution in [0.4, 0.5) is 0 Å². The van der Waals surface area contributed by atoms with Crippen LogP contribution < -0.4 is 0 Å². The van der Waals surface area contributed by atoms with E-state index in [2.05, 4.69) is 31.4 Å². The molecule has 0 aliphatic heterocycles. The molecule has 0 saturated carbocycles. The standard InChI is InChI=1S/C15H14N2S/c1-10(2)14-15(13-8-5-9-18-13)17-12-7-4-3-6-11(12)16-14/h3-10H,1-2H3. The summed E-state index contributed by atoms with van der Waals surface area (Å²) in [6.07, 6.45) is 0. The first kappa shape index (κ1) is 11.4. The number of para-hydroxylation sites is 2. The molecule has 3 heteroatoms. The van der Waals surface area contributed by atoms with Gasteiger partial charge in [-0.1, -0.05) is 32.0 Å². The Bertz CT molecular complexity index is 672. The van der Waals surface area contributed by atoms with Gasteiger partial charge in [-0.25, -0.2) is 9.97 Å². The molecule has 18 heavy (non-hydrogen) atoms. The fourth-order valence-corrected chi connectivity index (χ4v) is 2.73. The van der Waals surface area contributed by atoms with Gasteiger partial charge in [0.1, 0.15) is 5.69 Å². The quantitative estimate of drug-likeness (QED) is 0.673. The summed E-state index contributed by atoms with van der Waals surface area (Å²) in [7, 11) is 0. The predicted octanol–water partition coefficient (Wildman–Crippen LogP) is 4.48. The van der Waals surface area contributed by atoms with Crippen molar-refractivity contribution < 1.29 is 0 Å². The van der Waals surface area contributed by atoms with Crippen molar-refractivity contribution >= 4 is 22.4 Å². The molecule has 0 fully saturated rings. The minimum atomic E-state index is 0.374. The SMILES string of the molecule is CC(C)c1nc2ccccc2nc1-c1cccs1. The van der Waals surface area contributed by atoms with Crippen molar-refractivity contribution in [2.75, 3.05) is 0 Å². The molecule has 2 aromatic heterocycles. The topological polar surface area (TPSA) is 25.8 Å². The van der Waals surface area contributed by atoms with Crippen LogP contribution in [0.25, 0.3) is 21.6 Å². The molecule has 2 nitrogen and oxygen atoms in total. The average Bonchev–Trinajstić information content (AvgIpc) is 2.91. The molecular formula is C15H14N2S. The molecule has 0 spiro atoms. The summed E-state index contributed by atoms with van der Waals surface area (Å²) in [5, 5.41) is 2.08. The Morgan fingerprint density at radius 2 is 1.67 bits per heavy atom. The summed E-state index contributed by atoms with van der Waals surface area (Å²) < 4.78 is 0. The molecule has 1 aromatic carbocycles. The van der Waals surface area contributed by atoms with Gasteiger partial charge in [0.15, 0.2) is 0 Å². The van der Waals surface area contributed by atoms with Crippen molar-refractivity contribution in [2.45, 2.75) is 19.8 Å². The molecule has 0 bridgehead atoms. The lowest BCUT2D eigenvalue weighted by molar-refractivity contribution is 0.826. The van der Waals surface area contributed by atoms with Gasteiger partial charge >= 0.3 is 0 Å². The molecule has 0 N–H and O–H groups in total. The van der Waals surface area contributed by atoms with Gasteiger partial charge in [-0.3, -0.25) is 0 Å². The number of aromatic nitrogens is 2. The number of fused-ring (bicyclic) bond motifs is 1. The first-order chi connectivity index (χ1) is 8.75. The van der Waals surface area contributed by atoms with Crippen LogP contribution in [0.1, 0.15) is 25.5 Å². The Balaban J connectivity index is 2.31. The van der Waals surface area contributed by atoms with E-state index in [4.69, 9.17) is 9.97 Å². The Morgan fingerprint density at radius 1 is 0.944 bits per heavy atom. The largest absolute Gasteiger partial charge is 0.249 e. The van der Waals surface area contributed by atoms with Gasteiger partial charge in [0.05, 0.1) is 21.6 Å². The van der Waals surface area contributed by atoms with Crippen molar-refractivity contribution in [1.29, 1.82) is 0 Å². The maximum Gasteiger partial charge on any atom is 0.103 e. The molecule has 0 aliphatic rings. The number of hydrogen-bond acceptors (Lipinski definition) is 3. The lowest BCUT2D eigenvalue weighted by atomic mass is 10.1. The molecular weight excluding hydrogens is 240 g/mol. The van der Waals surface area contributed by atoms with E-state index >= 15 is 0 Å². The van der Waals surface area contributed by atoms with E-state index in [9.17, 15) is 0 Å². The highest BCUT2D eigenvalue weighted by Crippen LogP contribution is 2.30. The zero-order valence-corrected chi connectivity index (χ0v) is 11.2. The van der Waals surface area contributed by atoms with E-state index in [0.29, 0.717) is 5.92 Å². The van der Waals surface area contributed by atoms with Gasteiger partial charge in [-0.2, -0.15) is 0 Å². The predicted molar refractivity (Wildman–Crippen MR) is 76.9 cm³/mol. The zero-order valence-electron chi connectivity index (χ0n) is 10.4.